The Labute approximate surface area is 80.1 Å². The Bertz CT molecular complexity index is 207. The summed E-state index contributed by atoms with van der Waals surface area (Å²) in [6.45, 7) is 2.06. The third-order valence-electron chi connectivity index (χ3n) is 1.86. The lowest BCUT2D eigenvalue weighted by Gasteiger charge is -2.19. The van der Waals surface area contributed by atoms with E-state index < -0.39 is 0 Å². The van der Waals surface area contributed by atoms with Crippen LogP contribution in [0.5, 0.6) is 0 Å². The largest absolute Gasteiger partial charge is 0.333 e. The normalized spacial score (nSPS) is 24.8. The van der Waals surface area contributed by atoms with Crippen LogP contribution in [-0.2, 0) is 4.79 Å². The van der Waals surface area contributed by atoms with Crippen molar-refractivity contribution in [3.05, 3.63) is 0 Å². The summed E-state index contributed by atoms with van der Waals surface area (Å²) in [5.74, 6) is 0.884. The predicted molar refractivity (Wildman–Crippen MR) is 51.2 cm³/mol. The fourth-order valence-corrected chi connectivity index (χ4v) is 1.46. The van der Waals surface area contributed by atoms with Gasteiger partial charge in [0.05, 0.1) is 4.83 Å². The third-order valence-corrected chi connectivity index (χ3v) is 2.91. The molecule has 12 heavy (non-hydrogen) atoms. The first kappa shape index (κ1) is 9.51. The SMILES string of the molecule is CCC(Br)C1=NNC(C=O)N1C. The van der Waals surface area contributed by atoms with Gasteiger partial charge in [0.15, 0.2) is 12.5 Å². The number of nitrogens with zero attached hydrogens (tertiary/aromatic N) is 2. The highest BCUT2D eigenvalue weighted by molar-refractivity contribution is 9.10. The number of rotatable bonds is 3. The average molecular weight is 234 g/mol. The topological polar surface area (TPSA) is 44.7 Å². The number of alkyl halides is 1. The Morgan fingerprint density at radius 1 is 1.92 bits per heavy atom. The van der Waals surface area contributed by atoms with Crippen LogP contribution in [0.3, 0.4) is 0 Å². The van der Waals surface area contributed by atoms with Crippen molar-refractivity contribution in [2.24, 2.45) is 5.10 Å². The number of nitrogens with one attached hydrogen (secondary N) is 1. The quantitative estimate of drug-likeness (QED) is 0.572. The van der Waals surface area contributed by atoms with E-state index in [-0.39, 0.29) is 11.0 Å². The number of carbonyl (C=O) groups is 1. The zero-order chi connectivity index (χ0) is 9.14. The molecule has 1 rings (SSSR count). The number of hydrogen-bond donors (Lipinski definition) is 1. The molecule has 2 atom stereocenters. The van der Waals surface area contributed by atoms with Gasteiger partial charge in [-0.2, -0.15) is 5.10 Å². The fourth-order valence-electron chi connectivity index (χ4n) is 1.04. The fraction of sp³-hybridized carbons (Fsp3) is 0.714. The molecule has 1 heterocycles. The second kappa shape index (κ2) is 3.89. The van der Waals surface area contributed by atoms with E-state index in [0.717, 1.165) is 18.5 Å². The molecule has 0 fully saturated rings. The summed E-state index contributed by atoms with van der Waals surface area (Å²) in [5.41, 5.74) is 2.74. The molecule has 0 radical (unpaired) electrons. The molecule has 2 unspecified atom stereocenters. The van der Waals surface area contributed by atoms with Crippen LogP contribution in [0.15, 0.2) is 5.10 Å². The van der Waals surface area contributed by atoms with E-state index in [0.29, 0.717) is 0 Å². The van der Waals surface area contributed by atoms with Gasteiger partial charge in [-0.15, -0.1) is 0 Å². The van der Waals surface area contributed by atoms with Gasteiger partial charge in [-0.05, 0) is 6.42 Å². The number of hydrazone groups is 1. The van der Waals surface area contributed by atoms with Gasteiger partial charge < -0.3 is 4.90 Å². The molecule has 1 aliphatic rings. The third kappa shape index (κ3) is 1.60. The molecule has 0 aromatic carbocycles. The Hall–Kier alpha value is -0.580. The summed E-state index contributed by atoms with van der Waals surface area (Å²) >= 11 is 3.47. The zero-order valence-corrected chi connectivity index (χ0v) is 8.71. The van der Waals surface area contributed by atoms with Gasteiger partial charge in [0.25, 0.3) is 0 Å². The minimum Gasteiger partial charge on any atom is -0.333 e. The highest BCUT2D eigenvalue weighted by Gasteiger charge is 2.26. The molecule has 0 amide bonds. The summed E-state index contributed by atoms with van der Waals surface area (Å²) in [6.07, 6.45) is 1.49. The standard InChI is InChI=1S/C7H12BrN3O/c1-3-5(8)7-10-9-6(4-12)11(7)2/h4-6,9H,3H2,1-2H3. The molecule has 0 saturated carbocycles. The molecule has 0 aromatic heterocycles. The second-order valence-corrected chi connectivity index (χ2v) is 3.77. The maximum Gasteiger partial charge on any atom is 0.172 e. The van der Waals surface area contributed by atoms with Crippen LogP contribution < -0.4 is 5.43 Å². The van der Waals surface area contributed by atoms with Crippen molar-refractivity contribution in [2.75, 3.05) is 7.05 Å². The molecule has 1 N–H and O–H groups in total. The van der Waals surface area contributed by atoms with Crippen molar-refractivity contribution >= 4 is 28.1 Å². The Kier molecular flexibility index (Phi) is 3.08. The van der Waals surface area contributed by atoms with E-state index in [1.807, 2.05) is 11.9 Å². The molecular weight excluding hydrogens is 222 g/mol. The van der Waals surface area contributed by atoms with Crippen molar-refractivity contribution in [1.82, 2.24) is 10.3 Å². The zero-order valence-electron chi connectivity index (χ0n) is 7.12. The number of aldehydes is 1. The molecular formula is C7H12BrN3O. The van der Waals surface area contributed by atoms with Gasteiger partial charge in [-0.1, -0.05) is 22.9 Å². The van der Waals surface area contributed by atoms with E-state index in [1.54, 1.807) is 0 Å². The van der Waals surface area contributed by atoms with Crippen molar-refractivity contribution < 1.29 is 4.79 Å². The Balaban J connectivity index is 2.63. The summed E-state index contributed by atoms with van der Waals surface area (Å²) < 4.78 is 0. The van der Waals surface area contributed by atoms with Gasteiger partial charge in [-0.25, -0.2) is 0 Å². The van der Waals surface area contributed by atoms with Gasteiger partial charge in [0.1, 0.15) is 5.84 Å². The average Bonchev–Trinajstić information content (AvgIpc) is 2.45. The molecule has 68 valence electrons. The first-order valence-electron chi connectivity index (χ1n) is 3.86. The highest BCUT2D eigenvalue weighted by atomic mass is 79.9. The molecule has 0 spiro atoms. The second-order valence-electron chi connectivity index (χ2n) is 2.67. The van der Waals surface area contributed by atoms with Crippen molar-refractivity contribution in [1.29, 1.82) is 0 Å². The number of likely N-dealkylation sites (N-methyl/N-ethyl adjacent to an activating group) is 1. The number of halogens is 1. The predicted octanol–water partition coefficient (Wildman–Crippen LogP) is 0.533. The lowest BCUT2D eigenvalue weighted by Crippen LogP contribution is -2.40. The maximum atomic E-state index is 10.5. The summed E-state index contributed by atoms with van der Waals surface area (Å²) in [7, 11) is 1.85. The first-order chi connectivity index (χ1) is 5.70. The summed E-state index contributed by atoms with van der Waals surface area (Å²) in [4.78, 5) is 12.5. The van der Waals surface area contributed by atoms with E-state index in [1.165, 1.54) is 0 Å². The lowest BCUT2D eigenvalue weighted by atomic mass is 10.3. The molecule has 0 aromatic rings. The monoisotopic (exact) mass is 233 g/mol. The van der Waals surface area contributed by atoms with Gasteiger partial charge in [0.2, 0.25) is 0 Å². The molecule has 0 saturated heterocycles. The maximum absolute atomic E-state index is 10.5. The van der Waals surface area contributed by atoms with Crippen LogP contribution in [0.4, 0.5) is 0 Å². The minimum absolute atomic E-state index is 0.222. The van der Waals surface area contributed by atoms with Crippen LogP contribution >= 0.6 is 15.9 Å². The van der Waals surface area contributed by atoms with Gasteiger partial charge in [0, 0.05) is 7.05 Å². The summed E-state index contributed by atoms with van der Waals surface area (Å²) in [6, 6.07) is 0. The van der Waals surface area contributed by atoms with Crippen LogP contribution in [0.25, 0.3) is 0 Å². The first-order valence-corrected chi connectivity index (χ1v) is 4.77. The lowest BCUT2D eigenvalue weighted by molar-refractivity contribution is -0.111. The van der Waals surface area contributed by atoms with Crippen LogP contribution in [0.1, 0.15) is 13.3 Å². The van der Waals surface area contributed by atoms with Crippen molar-refractivity contribution in [3.8, 4) is 0 Å². The summed E-state index contributed by atoms with van der Waals surface area (Å²) in [5, 5.41) is 4.05. The molecule has 1 aliphatic heterocycles. The Morgan fingerprint density at radius 2 is 2.58 bits per heavy atom. The molecule has 0 aliphatic carbocycles. The van der Waals surface area contributed by atoms with Crippen LogP contribution in [0.2, 0.25) is 0 Å². The van der Waals surface area contributed by atoms with E-state index in [9.17, 15) is 4.79 Å². The van der Waals surface area contributed by atoms with E-state index in [2.05, 4.69) is 33.4 Å². The highest BCUT2D eigenvalue weighted by Crippen LogP contribution is 2.13. The molecule has 0 bridgehead atoms. The van der Waals surface area contributed by atoms with E-state index >= 15 is 0 Å². The Morgan fingerprint density at radius 3 is 3.00 bits per heavy atom. The van der Waals surface area contributed by atoms with Crippen molar-refractivity contribution in [2.45, 2.75) is 24.3 Å². The van der Waals surface area contributed by atoms with Crippen LogP contribution in [0, 0.1) is 0 Å². The minimum atomic E-state index is -0.299. The smallest absolute Gasteiger partial charge is 0.172 e. The van der Waals surface area contributed by atoms with Crippen molar-refractivity contribution in [3.63, 3.8) is 0 Å². The van der Waals surface area contributed by atoms with E-state index in [4.69, 9.17) is 0 Å². The molecule has 4 nitrogen and oxygen atoms in total. The number of carbonyl (C=O) groups excluding carboxylic acids is 1. The number of hydrogen-bond acceptors (Lipinski definition) is 4. The van der Waals surface area contributed by atoms with Crippen LogP contribution in [-0.4, -0.2) is 35.1 Å². The van der Waals surface area contributed by atoms with Gasteiger partial charge in [-0.3, -0.25) is 10.2 Å². The molecule has 5 heteroatoms. The number of amidine groups is 1. The van der Waals surface area contributed by atoms with Gasteiger partial charge >= 0.3 is 0 Å².